The number of H-pyrrole nitrogens is 1. The van der Waals surface area contributed by atoms with Gasteiger partial charge in [0.1, 0.15) is 6.04 Å². The largest absolute Gasteiger partial charge is 0.341 e. The van der Waals surface area contributed by atoms with Crippen molar-refractivity contribution in [2.24, 2.45) is 0 Å². The first-order chi connectivity index (χ1) is 12.5. The van der Waals surface area contributed by atoms with Crippen LogP contribution in [0.15, 0.2) is 24.3 Å². The van der Waals surface area contributed by atoms with Crippen molar-refractivity contribution in [1.29, 1.82) is 0 Å². The zero-order valence-electron chi connectivity index (χ0n) is 15.6. The number of amides is 2. The first-order valence-corrected chi connectivity index (χ1v) is 9.29. The van der Waals surface area contributed by atoms with E-state index in [1.807, 2.05) is 36.2 Å². The number of aromatic nitrogens is 2. The van der Waals surface area contributed by atoms with Crippen LogP contribution < -0.4 is 10.6 Å². The van der Waals surface area contributed by atoms with Crippen LogP contribution >= 0.6 is 12.4 Å². The normalized spacial score (nSPS) is 24.9. The van der Waals surface area contributed by atoms with E-state index in [0.717, 1.165) is 23.7 Å². The predicted molar refractivity (Wildman–Crippen MR) is 106 cm³/mol. The molecule has 2 amide bonds. The number of para-hydroxylation sites is 1. The van der Waals surface area contributed by atoms with E-state index in [0.29, 0.717) is 17.8 Å². The summed E-state index contributed by atoms with van der Waals surface area (Å²) >= 11 is 0. The maximum absolute atomic E-state index is 12.8. The number of aromatic amines is 1. The molecule has 2 aliphatic heterocycles. The van der Waals surface area contributed by atoms with E-state index >= 15 is 0 Å². The molecule has 1 aromatic heterocycles. The monoisotopic (exact) mass is 391 g/mol. The second-order valence-electron chi connectivity index (χ2n) is 7.53. The number of rotatable bonds is 4. The van der Waals surface area contributed by atoms with Crippen LogP contribution in [0.2, 0.25) is 0 Å². The fourth-order valence-electron chi connectivity index (χ4n) is 4.29. The maximum atomic E-state index is 12.8. The molecule has 0 aliphatic carbocycles. The van der Waals surface area contributed by atoms with Crippen molar-refractivity contribution in [2.75, 3.05) is 7.05 Å². The lowest BCUT2D eigenvalue weighted by molar-refractivity contribution is -0.134. The molecule has 3 unspecified atom stereocenters. The molecule has 2 saturated heterocycles. The van der Waals surface area contributed by atoms with Gasteiger partial charge >= 0.3 is 0 Å². The number of piperidine rings is 1. The minimum Gasteiger partial charge on any atom is -0.341 e. The highest BCUT2D eigenvalue weighted by Crippen LogP contribution is 2.29. The van der Waals surface area contributed by atoms with E-state index in [4.69, 9.17) is 0 Å². The summed E-state index contributed by atoms with van der Waals surface area (Å²) in [6.45, 7) is 1.74. The molecule has 2 aromatic rings. The third-order valence-electron chi connectivity index (χ3n) is 5.75. The molecule has 0 saturated carbocycles. The second kappa shape index (κ2) is 7.86. The Bertz CT molecular complexity index is 826. The number of nitrogens with zero attached hydrogens (tertiary/aromatic N) is 2. The third-order valence-corrected chi connectivity index (χ3v) is 5.75. The minimum atomic E-state index is -0.587. The first kappa shape index (κ1) is 19.6. The van der Waals surface area contributed by atoms with Gasteiger partial charge in [-0.25, -0.2) is 0 Å². The summed E-state index contributed by atoms with van der Waals surface area (Å²) < 4.78 is 0. The average molecular weight is 392 g/mol. The van der Waals surface area contributed by atoms with Crippen molar-refractivity contribution in [2.45, 2.75) is 56.8 Å². The fraction of sp³-hybridized carbons (Fsp3) is 0.526. The van der Waals surface area contributed by atoms with E-state index < -0.39 is 6.04 Å². The molecular formula is C19H26ClN5O2. The molecule has 1 aromatic carbocycles. The Morgan fingerprint density at radius 1 is 1.22 bits per heavy atom. The Hall–Kier alpha value is -2.12. The second-order valence-corrected chi connectivity index (χ2v) is 7.53. The van der Waals surface area contributed by atoms with Gasteiger partial charge in [-0.05, 0) is 38.7 Å². The molecule has 0 radical (unpaired) electrons. The zero-order chi connectivity index (χ0) is 18.3. The molecule has 3 N–H and O–H groups in total. The standard InChI is InChI=1S/C19H25N5O2.ClH/c1-11(19(26)24(2)14-9-12-7-8-13(10-14)21-12)20-18(25)17-15-5-3-4-6-16(15)22-23-17;/h3-6,11-14,21H,7-10H2,1-2H3,(H,20,25)(H,22,23);1H. The predicted octanol–water partition coefficient (Wildman–Crippen LogP) is 1.84. The van der Waals surface area contributed by atoms with Crippen molar-refractivity contribution in [1.82, 2.24) is 25.7 Å². The molecule has 3 heterocycles. The van der Waals surface area contributed by atoms with Crippen LogP contribution in [-0.4, -0.2) is 58.1 Å². The molecule has 2 fully saturated rings. The number of nitrogens with one attached hydrogen (secondary N) is 3. The van der Waals surface area contributed by atoms with Gasteiger partial charge in [-0.1, -0.05) is 18.2 Å². The number of halogens is 1. The summed E-state index contributed by atoms with van der Waals surface area (Å²) in [6, 6.07) is 8.16. The van der Waals surface area contributed by atoms with E-state index in [1.165, 1.54) is 12.8 Å². The highest BCUT2D eigenvalue weighted by atomic mass is 35.5. The average Bonchev–Trinajstić information content (AvgIpc) is 3.23. The van der Waals surface area contributed by atoms with Gasteiger partial charge in [0.15, 0.2) is 5.69 Å². The lowest BCUT2D eigenvalue weighted by Gasteiger charge is -2.36. The highest BCUT2D eigenvalue weighted by Gasteiger charge is 2.37. The number of hydrogen-bond acceptors (Lipinski definition) is 4. The molecule has 4 rings (SSSR count). The molecule has 7 nitrogen and oxygen atoms in total. The zero-order valence-corrected chi connectivity index (χ0v) is 16.4. The summed E-state index contributed by atoms with van der Waals surface area (Å²) in [5, 5.41) is 14.1. The Morgan fingerprint density at radius 3 is 2.59 bits per heavy atom. The number of benzene rings is 1. The van der Waals surface area contributed by atoms with Crippen molar-refractivity contribution < 1.29 is 9.59 Å². The number of carbonyl (C=O) groups is 2. The van der Waals surface area contributed by atoms with Crippen LogP contribution in [0.3, 0.4) is 0 Å². The smallest absolute Gasteiger partial charge is 0.273 e. The van der Waals surface area contributed by atoms with E-state index in [-0.39, 0.29) is 30.3 Å². The van der Waals surface area contributed by atoms with Crippen molar-refractivity contribution in [3.05, 3.63) is 30.0 Å². The van der Waals surface area contributed by atoms with E-state index in [2.05, 4.69) is 20.8 Å². The number of fused-ring (bicyclic) bond motifs is 3. The van der Waals surface area contributed by atoms with Crippen LogP contribution in [0, 0.1) is 0 Å². The Morgan fingerprint density at radius 2 is 1.89 bits per heavy atom. The quantitative estimate of drug-likeness (QED) is 0.741. The summed E-state index contributed by atoms with van der Waals surface area (Å²) in [4.78, 5) is 27.2. The molecular weight excluding hydrogens is 366 g/mol. The van der Waals surface area contributed by atoms with Gasteiger partial charge in [0, 0.05) is 30.6 Å². The van der Waals surface area contributed by atoms with Crippen molar-refractivity contribution in [3.63, 3.8) is 0 Å². The Labute approximate surface area is 164 Å². The maximum Gasteiger partial charge on any atom is 0.273 e. The van der Waals surface area contributed by atoms with Gasteiger partial charge in [0.05, 0.1) is 5.52 Å². The van der Waals surface area contributed by atoms with Gasteiger partial charge in [0.2, 0.25) is 5.91 Å². The molecule has 146 valence electrons. The SMILES string of the molecule is CC(NC(=O)c1n[nH]c2ccccc12)C(=O)N(C)C1CC2CCC(C1)N2.Cl. The van der Waals surface area contributed by atoms with E-state index in [1.54, 1.807) is 6.92 Å². The van der Waals surface area contributed by atoms with Crippen LogP contribution in [-0.2, 0) is 4.79 Å². The topological polar surface area (TPSA) is 90.1 Å². The molecule has 0 spiro atoms. The first-order valence-electron chi connectivity index (χ1n) is 9.29. The summed E-state index contributed by atoms with van der Waals surface area (Å²) in [5.41, 5.74) is 1.13. The van der Waals surface area contributed by atoms with Gasteiger partial charge in [-0.15, -0.1) is 12.4 Å². The highest BCUT2D eigenvalue weighted by molar-refractivity contribution is 6.05. The summed E-state index contributed by atoms with van der Waals surface area (Å²) in [5.74, 6) is -0.383. The molecule has 8 heteroatoms. The lowest BCUT2D eigenvalue weighted by Crippen LogP contribution is -2.53. The Kier molecular flexibility index (Phi) is 5.72. The van der Waals surface area contributed by atoms with Crippen molar-refractivity contribution in [3.8, 4) is 0 Å². The van der Waals surface area contributed by atoms with Gasteiger partial charge in [-0.3, -0.25) is 14.7 Å². The fourth-order valence-corrected chi connectivity index (χ4v) is 4.29. The summed E-state index contributed by atoms with van der Waals surface area (Å²) in [6.07, 6.45) is 4.37. The van der Waals surface area contributed by atoms with Gasteiger partial charge in [-0.2, -0.15) is 5.10 Å². The Balaban J connectivity index is 0.00000210. The van der Waals surface area contributed by atoms with Crippen LogP contribution in [0.4, 0.5) is 0 Å². The number of likely N-dealkylation sites (N-methyl/N-ethyl adjacent to an activating group) is 1. The molecule has 2 aliphatic rings. The van der Waals surface area contributed by atoms with E-state index in [9.17, 15) is 9.59 Å². The molecule has 2 bridgehead atoms. The van der Waals surface area contributed by atoms with Crippen LogP contribution in [0.1, 0.15) is 43.1 Å². The minimum absolute atomic E-state index is 0. The number of hydrogen-bond donors (Lipinski definition) is 3. The van der Waals surface area contributed by atoms with Crippen LogP contribution in [0.5, 0.6) is 0 Å². The third kappa shape index (κ3) is 3.80. The van der Waals surface area contributed by atoms with Crippen LogP contribution in [0.25, 0.3) is 10.9 Å². The van der Waals surface area contributed by atoms with Gasteiger partial charge in [0.25, 0.3) is 5.91 Å². The van der Waals surface area contributed by atoms with Gasteiger partial charge < -0.3 is 15.5 Å². The molecule has 27 heavy (non-hydrogen) atoms. The van der Waals surface area contributed by atoms with Crippen molar-refractivity contribution >= 4 is 35.1 Å². The number of carbonyl (C=O) groups excluding carboxylic acids is 2. The molecule has 3 atom stereocenters. The lowest BCUT2D eigenvalue weighted by atomic mass is 9.98. The summed E-state index contributed by atoms with van der Waals surface area (Å²) in [7, 11) is 1.85.